The van der Waals surface area contributed by atoms with Gasteiger partial charge in [-0.25, -0.2) is 4.98 Å². The van der Waals surface area contributed by atoms with Crippen molar-refractivity contribution in [1.29, 1.82) is 0 Å². The molecule has 18 heavy (non-hydrogen) atoms. The van der Waals surface area contributed by atoms with Gasteiger partial charge in [0.1, 0.15) is 0 Å². The molecule has 0 aliphatic rings. The molecule has 4 nitrogen and oxygen atoms in total. The number of hydrogen-bond donors (Lipinski definition) is 1. The molecule has 0 aliphatic carbocycles. The van der Waals surface area contributed by atoms with Crippen LogP contribution in [-0.2, 0) is 31.5 Å². The van der Waals surface area contributed by atoms with E-state index in [0.29, 0.717) is 6.61 Å². The largest absolute Gasteiger partial charge is 0.380 e. The minimum atomic E-state index is 0.656. The zero-order chi connectivity index (χ0) is 12.8. The number of aromatic nitrogens is 2. The Kier molecular flexibility index (Phi) is 4.50. The predicted molar refractivity (Wildman–Crippen MR) is 70.9 cm³/mol. The van der Waals surface area contributed by atoms with E-state index in [1.165, 1.54) is 16.8 Å². The van der Waals surface area contributed by atoms with Crippen LogP contribution in [0.4, 0.5) is 0 Å². The summed E-state index contributed by atoms with van der Waals surface area (Å²) in [6, 6.07) is 8.33. The van der Waals surface area contributed by atoms with Crippen molar-refractivity contribution in [2.75, 3.05) is 7.11 Å². The van der Waals surface area contributed by atoms with Gasteiger partial charge < -0.3 is 14.6 Å². The lowest BCUT2D eigenvalue weighted by atomic mass is 10.1. The molecule has 0 unspecified atom stereocenters. The molecule has 4 heteroatoms. The smallest absolute Gasteiger partial charge is 0.0945 e. The van der Waals surface area contributed by atoms with E-state index >= 15 is 0 Å². The Labute approximate surface area is 108 Å². The Hall–Kier alpha value is -1.65. The third-order valence-corrected chi connectivity index (χ3v) is 2.96. The summed E-state index contributed by atoms with van der Waals surface area (Å²) < 4.78 is 7.22. The highest BCUT2D eigenvalue weighted by molar-refractivity contribution is 5.26. The van der Waals surface area contributed by atoms with E-state index in [1.807, 2.05) is 30.2 Å². The van der Waals surface area contributed by atoms with Crippen molar-refractivity contribution in [2.45, 2.75) is 19.7 Å². The van der Waals surface area contributed by atoms with Crippen LogP contribution in [0.5, 0.6) is 0 Å². The molecule has 0 bridgehead atoms. The quantitative estimate of drug-likeness (QED) is 0.844. The molecule has 0 atom stereocenters. The summed E-state index contributed by atoms with van der Waals surface area (Å²) >= 11 is 0. The van der Waals surface area contributed by atoms with E-state index in [-0.39, 0.29) is 0 Å². The van der Waals surface area contributed by atoms with Gasteiger partial charge in [0.15, 0.2) is 0 Å². The fourth-order valence-corrected chi connectivity index (χ4v) is 1.91. The van der Waals surface area contributed by atoms with E-state index in [4.69, 9.17) is 4.74 Å². The molecule has 2 rings (SSSR count). The van der Waals surface area contributed by atoms with Crippen LogP contribution < -0.4 is 5.32 Å². The van der Waals surface area contributed by atoms with Gasteiger partial charge in [-0.3, -0.25) is 0 Å². The van der Waals surface area contributed by atoms with Gasteiger partial charge in [0.25, 0.3) is 0 Å². The summed E-state index contributed by atoms with van der Waals surface area (Å²) in [5.74, 6) is 0. The van der Waals surface area contributed by atoms with Gasteiger partial charge in [-0.1, -0.05) is 24.3 Å². The maximum absolute atomic E-state index is 5.20. The minimum Gasteiger partial charge on any atom is -0.380 e. The number of methoxy groups -OCH3 is 1. The average molecular weight is 245 g/mol. The molecule has 0 aliphatic heterocycles. The van der Waals surface area contributed by atoms with E-state index < -0.39 is 0 Å². The first-order valence-electron chi connectivity index (χ1n) is 6.03. The van der Waals surface area contributed by atoms with Gasteiger partial charge in [0, 0.05) is 33.4 Å². The van der Waals surface area contributed by atoms with E-state index in [9.17, 15) is 0 Å². The first-order chi connectivity index (χ1) is 8.81. The van der Waals surface area contributed by atoms with Crippen LogP contribution in [0.1, 0.15) is 16.8 Å². The Morgan fingerprint density at radius 3 is 2.67 bits per heavy atom. The monoisotopic (exact) mass is 245 g/mol. The summed E-state index contributed by atoms with van der Waals surface area (Å²) in [5, 5.41) is 3.43. The fraction of sp³-hybridized carbons (Fsp3) is 0.357. The van der Waals surface area contributed by atoms with Gasteiger partial charge >= 0.3 is 0 Å². The summed E-state index contributed by atoms with van der Waals surface area (Å²) in [6.07, 6.45) is 3.70. The molecule has 1 N–H and O–H groups in total. The van der Waals surface area contributed by atoms with Gasteiger partial charge in [-0.05, 0) is 11.1 Å². The lowest BCUT2D eigenvalue weighted by Crippen LogP contribution is -2.16. The zero-order valence-corrected chi connectivity index (χ0v) is 10.9. The Bertz CT molecular complexity index is 493. The molecular weight excluding hydrogens is 226 g/mol. The number of benzene rings is 1. The normalized spacial score (nSPS) is 10.8. The molecule has 0 saturated heterocycles. The van der Waals surface area contributed by atoms with Crippen molar-refractivity contribution in [3.05, 3.63) is 53.6 Å². The maximum Gasteiger partial charge on any atom is 0.0945 e. The molecule has 0 radical (unpaired) electrons. The van der Waals surface area contributed by atoms with Gasteiger partial charge in [-0.2, -0.15) is 0 Å². The highest BCUT2D eigenvalue weighted by Crippen LogP contribution is 2.09. The van der Waals surface area contributed by atoms with Crippen LogP contribution >= 0.6 is 0 Å². The summed E-state index contributed by atoms with van der Waals surface area (Å²) in [5.41, 5.74) is 3.69. The molecule has 1 heterocycles. The van der Waals surface area contributed by atoms with Crippen LogP contribution in [0.2, 0.25) is 0 Å². The molecule has 0 fully saturated rings. The first-order valence-corrected chi connectivity index (χ1v) is 6.03. The lowest BCUT2D eigenvalue weighted by molar-refractivity contribution is 0.184. The fourth-order valence-electron chi connectivity index (χ4n) is 1.91. The molecule has 1 aromatic heterocycles. The van der Waals surface area contributed by atoms with Crippen LogP contribution in [0.25, 0.3) is 0 Å². The van der Waals surface area contributed by atoms with Crippen molar-refractivity contribution in [3.63, 3.8) is 0 Å². The molecule has 96 valence electrons. The second-order valence-electron chi connectivity index (χ2n) is 4.30. The Morgan fingerprint density at radius 1 is 1.22 bits per heavy atom. The average Bonchev–Trinajstić information content (AvgIpc) is 2.78. The lowest BCUT2D eigenvalue weighted by Gasteiger charge is -2.10. The summed E-state index contributed by atoms with van der Waals surface area (Å²) in [4.78, 5) is 4.10. The standard InChI is InChI=1S/C14H19N3O/c1-17-11-16-9-14(17)8-15-7-12-5-3-4-6-13(12)10-18-2/h3-6,9,11,15H,7-8,10H2,1-2H3. The number of ether oxygens (including phenoxy) is 1. The summed E-state index contributed by atoms with van der Waals surface area (Å²) in [7, 11) is 3.72. The maximum atomic E-state index is 5.20. The number of rotatable bonds is 6. The molecule has 0 saturated carbocycles. The number of imidazole rings is 1. The zero-order valence-electron chi connectivity index (χ0n) is 10.9. The summed E-state index contributed by atoms with van der Waals surface area (Å²) in [6.45, 7) is 2.31. The van der Waals surface area contributed by atoms with E-state index in [0.717, 1.165) is 13.1 Å². The highest BCUT2D eigenvalue weighted by Gasteiger charge is 2.02. The number of hydrogen-bond acceptors (Lipinski definition) is 3. The van der Waals surface area contributed by atoms with Crippen LogP contribution in [-0.4, -0.2) is 16.7 Å². The van der Waals surface area contributed by atoms with Gasteiger partial charge in [0.2, 0.25) is 0 Å². The van der Waals surface area contributed by atoms with E-state index in [2.05, 4.69) is 28.5 Å². The van der Waals surface area contributed by atoms with Crippen molar-refractivity contribution >= 4 is 0 Å². The van der Waals surface area contributed by atoms with Gasteiger partial charge in [-0.15, -0.1) is 0 Å². The van der Waals surface area contributed by atoms with Crippen molar-refractivity contribution in [2.24, 2.45) is 7.05 Å². The second-order valence-corrected chi connectivity index (χ2v) is 4.30. The second kappa shape index (κ2) is 6.33. The number of nitrogens with zero attached hydrogens (tertiary/aromatic N) is 2. The van der Waals surface area contributed by atoms with Crippen molar-refractivity contribution < 1.29 is 4.74 Å². The predicted octanol–water partition coefficient (Wildman–Crippen LogP) is 1.86. The van der Waals surface area contributed by atoms with Crippen LogP contribution in [0.15, 0.2) is 36.8 Å². The van der Waals surface area contributed by atoms with Gasteiger partial charge in [0.05, 0.1) is 18.6 Å². The van der Waals surface area contributed by atoms with Crippen molar-refractivity contribution in [3.8, 4) is 0 Å². The molecule has 0 spiro atoms. The molecular formula is C14H19N3O. The minimum absolute atomic E-state index is 0.656. The number of nitrogens with one attached hydrogen (secondary N) is 1. The topological polar surface area (TPSA) is 39.1 Å². The molecule has 0 amide bonds. The van der Waals surface area contributed by atoms with Crippen molar-refractivity contribution in [1.82, 2.24) is 14.9 Å². The van der Waals surface area contributed by atoms with Crippen LogP contribution in [0.3, 0.4) is 0 Å². The van der Waals surface area contributed by atoms with E-state index in [1.54, 1.807) is 7.11 Å². The molecule has 1 aromatic carbocycles. The Balaban J connectivity index is 1.92. The molecule has 2 aromatic rings. The Morgan fingerprint density at radius 2 is 2.00 bits per heavy atom. The third-order valence-electron chi connectivity index (χ3n) is 2.96. The number of aryl methyl sites for hydroxylation is 1. The third kappa shape index (κ3) is 3.18. The first kappa shape index (κ1) is 12.8. The highest BCUT2D eigenvalue weighted by atomic mass is 16.5. The van der Waals surface area contributed by atoms with Crippen LogP contribution in [0, 0.1) is 0 Å². The SMILES string of the molecule is COCc1ccccc1CNCc1cncn1C.